The SMILES string of the molecule is CCCCOc1nc(N)c2c(n1)N(CCCCCC1CCN(CCC)CC1)CN2. The van der Waals surface area contributed by atoms with Gasteiger partial charge in [-0.1, -0.05) is 39.5 Å². The Kier molecular flexibility index (Phi) is 8.65. The van der Waals surface area contributed by atoms with Gasteiger partial charge in [-0.3, -0.25) is 0 Å². The first-order chi connectivity index (χ1) is 14.2. The Morgan fingerprint density at radius 1 is 1.03 bits per heavy atom. The first kappa shape index (κ1) is 21.9. The number of nitrogens with two attached hydrogens (primary N) is 1. The molecule has 0 atom stereocenters. The number of anilines is 3. The second-order valence-corrected chi connectivity index (χ2v) is 8.52. The Hall–Kier alpha value is -1.76. The number of piperidine rings is 1. The lowest BCUT2D eigenvalue weighted by Gasteiger charge is -2.31. The average molecular weight is 405 g/mol. The van der Waals surface area contributed by atoms with Gasteiger partial charge in [-0.15, -0.1) is 0 Å². The quantitative estimate of drug-likeness (QED) is 0.508. The lowest BCUT2D eigenvalue weighted by molar-refractivity contribution is 0.177. The molecule has 3 rings (SSSR count). The summed E-state index contributed by atoms with van der Waals surface area (Å²) >= 11 is 0. The molecule has 3 N–H and O–H groups in total. The molecule has 1 aromatic heterocycles. The van der Waals surface area contributed by atoms with E-state index >= 15 is 0 Å². The monoisotopic (exact) mass is 404 g/mol. The zero-order chi connectivity index (χ0) is 20.5. The van der Waals surface area contributed by atoms with Gasteiger partial charge in [-0.2, -0.15) is 9.97 Å². The number of rotatable bonds is 12. The standard InChI is InChI=1S/C22H40N6O/c1-3-5-16-29-22-25-20(23)19-21(26-22)28(17-24-19)13-8-6-7-9-18-10-14-27(12-4-2)15-11-18/h18,24H,3-17H2,1-2H3,(H2,23,25,26). The number of nitrogen functional groups attached to an aromatic ring is 1. The van der Waals surface area contributed by atoms with E-state index in [1.807, 2.05) is 0 Å². The molecule has 0 unspecified atom stereocenters. The fourth-order valence-corrected chi connectivity index (χ4v) is 4.38. The molecular formula is C22H40N6O. The minimum absolute atomic E-state index is 0.401. The van der Waals surface area contributed by atoms with Gasteiger partial charge in [-0.05, 0) is 57.7 Å². The number of hydrogen-bond acceptors (Lipinski definition) is 7. The van der Waals surface area contributed by atoms with E-state index in [4.69, 9.17) is 10.5 Å². The molecule has 1 fully saturated rings. The van der Waals surface area contributed by atoms with Crippen LogP contribution >= 0.6 is 0 Å². The Morgan fingerprint density at radius 3 is 2.62 bits per heavy atom. The number of likely N-dealkylation sites (tertiary alicyclic amines) is 1. The lowest BCUT2D eigenvalue weighted by atomic mass is 9.91. The molecule has 0 aromatic carbocycles. The van der Waals surface area contributed by atoms with Crippen molar-refractivity contribution in [1.29, 1.82) is 0 Å². The molecule has 0 radical (unpaired) electrons. The minimum Gasteiger partial charge on any atom is -0.463 e. The molecule has 29 heavy (non-hydrogen) atoms. The van der Waals surface area contributed by atoms with Crippen molar-refractivity contribution in [2.75, 3.05) is 55.4 Å². The summed E-state index contributed by atoms with van der Waals surface area (Å²) in [5, 5.41) is 3.34. The second-order valence-electron chi connectivity index (χ2n) is 8.52. The lowest BCUT2D eigenvalue weighted by Crippen LogP contribution is -2.34. The van der Waals surface area contributed by atoms with E-state index in [0.717, 1.165) is 43.5 Å². The van der Waals surface area contributed by atoms with Crippen molar-refractivity contribution in [1.82, 2.24) is 14.9 Å². The topological polar surface area (TPSA) is 79.5 Å². The second kappa shape index (κ2) is 11.4. The maximum atomic E-state index is 6.10. The number of unbranched alkanes of at least 4 members (excludes halogenated alkanes) is 3. The number of nitrogens with zero attached hydrogens (tertiary/aromatic N) is 4. The van der Waals surface area contributed by atoms with Crippen LogP contribution in [0.3, 0.4) is 0 Å². The van der Waals surface area contributed by atoms with E-state index in [1.54, 1.807) is 0 Å². The molecule has 0 amide bonds. The number of hydrogen-bond donors (Lipinski definition) is 2. The third-order valence-electron chi connectivity index (χ3n) is 6.16. The minimum atomic E-state index is 0.401. The third-order valence-corrected chi connectivity index (χ3v) is 6.16. The van der Waals surface area contributed by atoms with Crippen molar-refractivity contribution in [3.8, 4) is 6.01 Å². The molecule has 0 spiro atoms. The van der Waals surface area contributed by atoms with Gasteiger partial charge in [0.2, 0.25) is 0 Å². The van der Waals surface area contributed by atoms with Gasteiger partial charge < -0.3 is 25.6 Å². The molecule has 3 heterocycles. The first-order valence-electron chi connectivity index (χ1n) is 11.7. The Balaban J connectivity index is 1.37. The van der Waals surface area contributed by atoms with Crippen molar-refractivity contribution >= 4 is 17.3 Å². The molecule has 0 bridgehead atoms. The molecule has 164 valence electrons. The summed E-state index contributed by atoms with van der Waals surface area (Å²) in [5.41, 5.74) is 6.96. The average Bonchev–Trinajstić information content (AvgIpc) is 3.13. The summed E-state index contributed by atoms with van der Waals surface area (Å²) in [6, 6.07) is 0.401. The van der Waals surface area contributed by atoms with Crippen LogP contribution in [0.1, 0.15) is 71.6 Å². The van der Waals surface area contributed by atoms with Crippen molar-refractivity contribution in [2.24, 2.45) is 5.92 Å². The van der Waals surface area contributed by atoms with Crippen molar-refractivity contribution in [3.63, 3.8) is 0 Å². The molecule has 7 nitrogen and oxygen atoms in total. The predicted molar refractivity (Wildman–Crippen MR) is 121 cm³/mol. The molecule has 1 aromatic rings. The number of ether oxygens (including phenoxy) is 1. The highest BCUT2D eigenvalue weighted by Crippen LogP contribution is 2.35. The first-order valence-corrected chi connectivity index (χ1v) is 11.7. The largest absolute Gasteiger partial charge is 0.463 e. The summed E-state index contributed by atoms with van der Waals surface area (Å²) in [5.74, 6) is 2.32. The van der Waals surface area contributed by atoms with Crippen LogP contribution in [0, 0.1) is 5.92 Å². The van der Waals surface area contributed by atoms with Crippen LogP contribution in [0.5, 0.6) is 6.01 Å². The molecule has 1 saturated heterocycles. The van der Waals surface area contributed by atoms with E-state index in [2.05, 4.69) is 38.9 Å². The van der Waals surface area contributed by atoms with E-state index in [0.29, 0.717) is 18.4 Å². The van der Waals surface area contributed by atoms with Crippen LogP contribution in [-0.4, -0.2) is 54.3 Å². The van der Waals surface area contributed by atoms with Crippen molar-refractivity contribution in [3.05, 3.63) is 0 Å². The van der Waals surface area contributed by atoms with Crippen LogP contribution in [0.15, 0.2) is 0 Å². The number of fused-ring (bicyclic) bond motifs is 1. The Morgan fingerprint density at radius 2 is 1.86 bits per heavy atom. The van der Waals surface area contributed by atoms with Gasteiger partial charge in [0.25, 0.3) is 0 Å². The predicted octanol–water partition coefficient (Wildman–Crippen LogP) is 4.11. The van der Waals surface area contributed by atoms with Gasteiger partial charge in [0.15, 0.2) is 11.6 Å². The van der Waals surface area contributed by atoms with Crippen LogP contribution < -0.4 is 20.7 Å². The third kappa shape index (κ3) is 6.36. The molecule has 0 aliphatic carbocycles. The van der Waals surface area contributed by atoms with E-state index in [9.17, 15) is 0 Å². The number of aromatic nitrogens is 2. The van der Waals surface area contributed by atoms with Crippen molar-refractivity contribution < 1.29 is 4.74 Å². The Bertz CT molecular complexity index is 618. The summed E-state index contributed by atoms with van der Waals surface area (Å²) < 4.78 is 5.67. The fraction of sp³-hybridized carbons (Fsp3) is 0.818. The van der Waals surface area contributed by atoms with E-state index in [1.165, 1.54) is 64.6 Å². The van der Waals surface area contributed by atoms with E-state index in [-0.39, 0.29) is 0 Å². The maximum Gasteiger partial charge on any atom is 0.320 e. The maximum absolute atomic E-state index is 6.10. The zero-order valence-corrected chi connectivity index (χ0v) is 18.5. The van der Waals surface area contributed by atoms with Gasteiger partial charge in [-0.25, -0.2) is 0 Å². The highest BCUT2D eigenvalue weighted by molar-refractivity contribution is 5.80. The summed E-state index contributed by atoms with van der Waals surface area (Å²) in [7, 11) is 0. The van der Waals surface area contributed by atoms with Gasteiger partial charge in [0.05, 0.1) is 13.3 Å². The van der Waals surface area contributed by atoms with Crippen LogP contribution in [-0.2, 0) is 0 Å². The van der Waals surface area contributed by atoms with E-state index < -0.39 is 0 Å². The summed E-state index contributed by atoms with van der Waals surface area (Å²) in [6.45, 7) is 10.7. The molecule has 7 heteroatoms. The number of nitrogens with one attached hydrogen (secondary N) is 1. The molecule has 0 saturated carbocycles. The summed E-state index contributed by atoms with van der Waals surface area (Å²) in [6.07, 6.45) is 11.3. The smallest absolute Gasteiger partial charge is 0.320 e. The molecule has 2 aliphatic heterocycles. The molecule has 2 aliphatic rings. The van der Waals surface area contributed by atoms with Crippen LogP contribution in [0.25, 0.3) is 0 Å². The van der Waals surface area contributed by atoms with Gasteiger partial charge >= 0.3 is 6.01 Å². The Labute approximate surface area is 176 Å². The van der Waals surface area contributed by atoms with Crippen molar-refractivity contribution in [2.45, 2.75) is 71.6 Å². The highest BCUT2D eigenvalue weighted by Gasteiger charge is 2.24. The van der Waals surface area contributed by atoms with Gasteiger partial charge in [0.1, 0.15) is 5.69 Å². The van der Waals surface area contributed by atoms with Crippen LogP contribution in [0.2, 0.25) is 0 Å². The fourth-order valence-electron chi connectivity index (χ4n) is 4.38. The normalized spacial score (nSPS) is 17.4. The zero-order valence-electron chi connectivity index (χ0n) is 18.5. The van der Waals surface area contributed by atoms with Crippen LogP contribution in [0.4, 0.5) is 17.3 Å². The molecular weight excluding hydrogens is 364 g/mol. The summed E-state index contributed by atoms with van der Waals surface area (Å²) in [4.78, 5) is 13.8. The highest BCUT2D eigenvalue weighted by atomic mass is 16.5. The van der Waals surface area contributed by atoms with Gasteiger partial charge in [0, 0.05) is 6.54 Å².